The second kappa shape index (κ2) is 7.14. The Morgan fingerprint density at radius 2 is 2.18 bits per heavy atom. The van der Waals surface area contributed by atoms with E-state index in [-0.39, 0.29) is 17.1 Å². The fourth-order valence-corrected chi connectivity index (χ4v) is 4.23. The molecule has 1 rings (SSSR count). The standard InChI is InChI=1S/C13H24O3S/c1-4-16-13(14)11(3)9-17(15)12-7-5-6-10(2)8-12/h10-12H,4-9H2,1-3H3. The van der Waals surface area contributed by atoms with E-state index in [0.717, 1.165) is 12.8 Å². The molecular formula is C13H24O3S. The van der Waals surface area contributed by atoms with Crippen LogP contribution in [-0.4, -0.2) is 27.8 Å². The first-order chi connectivity index (χ1) is 8.04. The molecular weight excluding hydrogens is 236 g/mol. The molecule has 3 nitrogen and oxygen atoms in total. The first-order valence-electron chi connectivity index (χ1n) is 6.58. The highest BCUT2D eigenvalue weighted by Gasteiger charge is 2.26. The molecule has 1 saturated carbocycles. The summed E-state index contributed by atoms with van der Waals surface area (Å²) in [5.41, 5.74) is 0. The minimum atomic E-state index is -0.882. The molecule has 0 N–H and O–H groups in total. The van der Waals surface area contributed by atoms with Crippen molar-refractivity contribution in [3.05, 3.63) is 0 Å². The van der Waals surface area contributed by atoms with E-state index in [2.05, 4.69) is 6.92 Å². The number of rotatable bonds is 5. The van der Waals surface area contributed by atoms with E-state index < -0.39 is 10.8 Å². The summed E-state index contributed by atoms with van der Waals surface area (Å²) in [7, 11) is -0.882. The molecule has 1 aliphatic carbocycles. The zero-order chi connectivity index (χ0) is 12.8. The van der Waals surface area contributed by atoms with Gasteiger partial charge >= 0.3 is 5.97 Å². The van der Waals surface area contributed by atoms with Crippen LogP contribution in [0.4, 0.5) is 0 Å². The van der Waals surface area contributed by atoms with Gasteiger partial charge in [-0.3, -0.25) is 9.00 Å². The van der Waals surface area contributed by atoms with E-state index in [1.807, 2.05) is 6.92 Å². The quantitative estimate of drug-likeness (QED) is 0.713. The largest absolute Gasteiger partial charge is 0.466 e. The summed E-state index contributed by atoms with van der Waals surface area (Å²) in [6.07, 6.45) is 4.52. The maximum absolute atomic E-state index is 12.2. The summed E-state index contributed by atoms with van der Waals surface area (Å²) in [5.74, 6) is 0.671. The highest BCUT2D eigenvalue weighted by molar-refractivity contribution is 7.85. The van der Waals surface area contributed by atoms with E-state index in [9.17, 15) is 9.00 Å². The third-order valence-corrected chi connectivity index (χ3v) is 5.36. The van der Waals surface area contributed by atoms with E-state index in [1.165, 1.54) is 12.8 Å². The average Bonchev–Trinajstić information content (AvgIpc) is 2.29. The van der Waals surface area contributed by atoms with Crippen LogP contribution < -0.4 is 0 Å². The fraction of sp³-hybridized carbons (Fsp3) is 0.923. The first-order valence-corrected chi connectivity index (χ1v) is 7.96. The molecule has 0 amide bonds. The Morgan fingerprint density at radius 3 is 2.76 bits per heavy atom. The molecule has 0 radical (unpaired) electrons. The third kappa shape index (κ3) is 4.78. The van der Waals surface area contributed by atoms with E-state index >= 15 is 0 Å². The molecule has 17 heavy (non-hydrogen) atoms. The van der Waals surface area contributed by atoms with Gasteiger partial charge in [0.05, 0.1) is 12.5 Å². The Balaban J connectivity index is 2.40. The molecule has 4 heteroatoms. The predicted octanol–water partition coefficient (Wildman–Crippen LogP) is 2.51. The van der Waals surface area contributed by atoms with Crippen molar-refractivity contribution in [2.24, 2.45) is 11.8 Å². The molecule has 0 heterocycles. The van der Waals surface area contributed by atoms with Gasteiger partial charge in [0, 0.05) is 21.8 Å². The van der Waals surface area contributed by atoms with Crippen molar-refractivity contribution in [3.63, 3.8) is 0 Å². The number of hydrogen-bond acceptors (Lipinski definition) is 3. The Bertz CT molecular complexity index is 278. The van der Waals surface area contributed by atoms with Crippen LogP contribution in [0.2, 0.25) is 0 Å². The van der Waals surface area contributed by atoms with Crippen molar-refractivity contribution in [1.29, 1.82) is 0 Å². The van der Waals surface area contributed by atoms with Gasteiger partial charge < -0.3 is 4.74 Å². The lowest BCUT2D eigenvalue weighted by Crippen LogP contribution is -2.29. The molecule has 1 fully saturated rings. The summed E-state index contributed by atoms with van der Waals surface area (Å²) < 4.78 is 17.1. The van der Waals surface area contributed by atoms with Gasteiger partial charge in [-0.1, -0.05) is 26.7 Å². The molecule has 0 aromatic carbocycles. The van der Waals surface area contributed by atoms with Crippen molar-refractivity contribution in [3.8, 4) is 0 Å². The maximum Gasteiger partial charge on any atom is 0.309 e. The summed E-state index contributed by atoms with van der Waals surface area (Å²) in [6, 6.07) is 0. The Labute approximate surface area is 107 Å². The van der Waals surface area contributed by atoms with Crippen molar-refractivity contribution in [2.75, 3.05) is 12.4 Å². The van der Waals surface area contributed by atoms with Crippen LogP contribution in [0, 0.1) is 11.8 Å². The maximum atomic E-state index is 12.2. The van der Waals surface area contributed by atoms with Crippen LogP contribution in [0.5, 0.6) is 0 Å². The molecule has 100 valence electrons. The summed E-state index contributed by atoms with van der Waals surface area (Å²) in [4.78, 5) is 11.5. The molecule has 0 aliphatic heterocycles. The molecule has 4 atom stereocenters. The van der Waals surface area contributed by atoms with Crippen molar-refractivity contribution >= 4 is 16.8 Å². The highest BCUT2D eigenvalue weighted by atomic mass is 32.2. The second-order valence-corrected chi connectivity index (χ2v) is 6.86. The molecule has 0 bridgehead atoms. The number of hydrogen-bond donors (Lipinski definition) is 0. The van der Waals surface area contributed by atoms with E-state index in [4.69, 9.17) is 4.74 Å². The molecule has 0 aromatic heterocycles. The molecule has 0 spiro atoms. The minimum Gasteiger partial charge on any atom is -0.466 e. The van der Waals surface area contributed by atoms with Gasteiger partial charge in [-0.05, 0) is 25.7 Å². The molecule has 1 aliphatic rings. The van der Waals surface area contributed by atoms with Gasteiger partial charge in [-0.15, -0.1) is 0 Å². The second-order valence-electron chi connectivity index (χ2n) is 5.09. The van der Waals surface area contributed by atoms with Crippen LogP contribution in [0.3, 0.4) is 0 Å². The van der Waals surface area contributed by atoms with Crippen LogP contribution in [0.1, 0.15) is 46.5 Å². The van der Waals surface area contributed by atoms with Crippen LogP contribution in [0.15, 0.2) is 0 Å². The van der Waals surface area contributed by atoms with Crippen LogP contribution in [-0.2, 0) is 20.3 Å². The zero-order valence-electron chi connectivity index (χ0n) is 11.1. The number of carbonyl (C=O) groups excluding carboxylic acids is 1. The average molecular weight is 260 g/mol. The highest BCUT2D eigenvalue weighted by Crippen LogP contribution is 2.27. The lowest BCUT2D eigenvalue weighted by Gasteiger charge is -2.26. The van der Waals surface area contributed by atoms with Crippen molar-refractivity contribution in [1.82, 2.24) is 0 Å². The summed E-state index contributed by atoms with van der Waals surface area (Å²) in [5, 5.41) is 0.288. The van der Waals surface area contributed by atoms with Crippen molar-refractivity contribution < 1.29 is 13.7 Å². The van der Waals surface area contributed by atoms with Gasteiger partial charge in [0.15, 0.2) is 0 Å². The monoisotopic (exact) mass is 260 g/mol. The lowest BCUT2D eigenvalue weighted by atomic mass is 9.91. The minimum absolute atomic E-state index is 0.218. The predicted molar refractivity (Wildman–Crippen MR) is 70.2 cm³/mol. The van der Waals surface area contributed by atoms with Crippen LogP contribution in [0.25, 0.3) is 0 Å². The zero-order valence-corrected chi connectivity index (χ0v) is 11.9. The number of ether oxygens (including phenoxy) is 1. The normalized spacial score (nSPS) is 28.4. The van der Waals surface area contributed by atoms with E-state index in [1.54, 1.807) is 6.92 Å². The Morgan fingerprint density at radius 1 is 1.47 bits per heavy atom. The third-order valence-electron chi connectivity index (χ3n) is 3.36. The van der Waals surface area contributed by atoms with Gasteiger partial charge in [0.25, 0.3) is 0 Å². The van der Waals surface area contributed by atoms with Crippen LogP contribution >= 0.6 is 0 Å². The Kier molecular flexibility index (Phi) is 6.17. The fourth-order valence-electron chi connectivity index (χ4n) is 2.35. The summed E-state index contributed by atoms with van der Waals surface area (Å²) >= 11 is 0. The van der Waals surface area contributed by atoms with Crippen molar-refractivity contribution in [2.45, 2.75) is 51.7 Å². The molecule has 0 saturated heterocycles. The topological polar surface area (TPSA) is 43.4 Å². The SMILES string of the molecule is CCOC(=O)C(C)CS(=O)C1CCCC(C)C1. The van der Waals surface area contributed by atoms with Gasteiger partial charge in [0.1, 0.15) is 0 Å². The van der Waals surface area contributed by atoms with Gasteiger partial charge in [0.2, 0.25) is 0 Å². The van der Waals surface area contributed by atoms with Gasteiger partial charge in [-0.2, -0.15) is 0 Å². The number of esters is 1. The Hall–Kier alpha value is -0.380. The van der Waals surface area contributed by atoms with E-state index in [0.29, 0.717) is 18.3 Å². The number of carbonyl (C=O) groups is 1. The molecule has 0 aromatic rings. The summed E-state index contributed by atoms with van der Waals surface area (Å²) in [6.45, 7) is 6.22. The first kappa shape index (κ1) is 14.7. The lowest BCUT2D eigenvalue weighted by molar-refractivity contribution is -0.146. The smallest absolute Gasteiger partial charge is 0.309 e. The van der Waals surface area contributed by atoms with Gasteiger partial charge in [-0.25, -0.2) is 0 Å². The molecule has 4 unspecified atom stereocenters.